The topological polar surface area (TPSA) is 128 Å². The molecule has 1 saturated heterocycles. The molecule has 10 heteroatoms. The van der Waals surface area contributed by atoms with Crippen LogP contribution >= 0.6 is 0 Å². The van der Waals surface area contributed by atoms with E-state index in [-0.39, 0.29) is 22.6 Å². The van der Waals surface area contributed by atoms with Gasteiger partial charge in [-0.2, -0.15) is 0 Å². The second-order valence-electron chi connectivity index (χ2n) is 8.11. The van der Waals surface area contributed by atoms with E-state index in [1.807, 2.05) is 25.7 Å². The highest BCUT2D eigenvalue weighted by atomic mass is 16.6. The number of esters is 1. The van der Waals surface area contributed by atoms with Crippen molar-refractivity contribution in [3.63, 3.8) is 0 Å². The minimum Gasteiger partial charge on any atom is -0.452 e. The maximum absolute atomic E-state index is 12.3. The lowest BCUT2D eigenvalue weighted by Gasteiger charge is -2.17. The SMILES string of the molecule is CC(C)(C)c1cc(NC(=O)COC(=O)c2ccc(N3CCCC3)c([N+](=O)[O-])c2)on1. The monoisotopic (exact) mass is 416 g/mol. The van der Waals surface area contributed by atoms with Crippen LogP contribution < -0.4 is 10.2 Å². The first kappa shape index (κ1) is 21.3. The fourth-order valence-electron chi connectivity index (χ4n) is 3.10. The van der Waals surface area contributed by atoms with E-state index >= 15 is 0 Å². The Bertz CT molecular complexity index is 956. The van der Waals surface area contributed by atoms with E-state index in [1.165, 1.54) is 12.1 Å². The first-order chi connectivity index (χ1) is 14.1. The summed E-state index contributed by atoms with van der Waals surface area (Å²) >= 11 is 0. The van der Waals surface area contributed by atoms with Gasteiger partial charge in [-0.05, 0) is 25.0 Å². The van der Waals surface area contributed by atoms with Crippen LogP contribution in [0.1, 0.15) is 49.7 Å². The van der Waals surface area contributed by atoms with E-state index < -0.39 is 23.4 Å². The van der Waals surface area contributed by atoms with Crippen molar-refractivity contribution >= 4 is 29.1 Å². The lowest BCUT2D eigenvalue weighted by Crippen LogP contribution is -2.21. The van der Waals surface area contributed by atoms with Crippen LogP contribution in [0.15, 0.2) is 28.8 Å². The maximum Gasteiger partial charge on any atom is 0.338 e. The average molecular weight is 416 g/mol. The van der Waals surface area contributed by atoms with Crippen molar-refractivity contribution in [3.8, 4) is 0 Å². The molecule has 1 aliphatic heterocycles. The highest BCUT2D eigenvalue weighted by molar-refractivity contribution is 5.95. The molecule has 0 radical (unpaired) electrons. The Morgan fingerprint density at radius 3 is 2.57 bits per heavy atom. The summed E-state index contributed by atoms with van der Waals surface area (Å²) in [5.41, 5.74) is 0.751. The van der Waals surface area contributed by atoms with E-state index in [1.54, 1.807) is 12.1 Å². The Labute approximate surface area is 173 Å². The maximum atomic E-state index is 12.3. The average Bonchev–Trinajstić information content (AvgIpc) is 3.37. The summed E-state index contributed by atoms with van der Waals surface area (Å²) in [4.78, 5) is 37.1. The third kappa shape index (κ3) is 4.94. The molecule has 1 fully saturated rings. The predicted octanol–water partition coefficient (Wildman–Crippen LogP) is 3.28. The minimum atomic E-state index is -0.825. The standard InChI is InChI=1S/C20H24N4O6/c1-20(2,3)16-11-18(30-22-16)21-17(25)12-29-19(26)13-6-7-14(15(10-13)24(27)28)23-8-4-5-9-23/h6-7,10-11H,4-5,8-9,12H2,1-3H3,(H,21,25). The van der Waals surface area contributed by atoms with Gasteiger partial charge in [0.25, 0.3) is 11.6 Å². The summed E-state index contributed by atoms with van der Waals surface area (Å²) in [6.07, 6.45) is 1.94. The summed E-state index contributed by atoms with van der Waals surface area (Å²) < 4.78 is 10.0. The molecule has 0 atom stereocenters. The lowest BCUT2D eigenvalue weighted by molar-refractivity contribution is -0.384. The number of hydrogen-bond donors (Lipinski definition) is 1. The number of benzene rings is 1. The van der Waals surface area contributed by atoms with Gasteiger partial charge in [0, 0.05) is 30.6 Å². The highest BCUT2D eigenvalue weighted by Gasteiger charge is 2.25. The number of nitro groups is 1. The summed E-state index contributed by atoms with van der Waals surface area (Å²) in [5, 5.41) is 17.8. The van der Waals surface area contributed by atoms with Gasteiger partial charge in [0.2, 0.25) is 5.88 Å². The predicted molar refractivity (Wildman–Crippen MR) is 109 cm³/mol. The third-order valence-electron chi connectivity index (χ3n) is 4.73. The zero-order valence-corrected chi connectivity index (χ0v) is 17.1. The van der Waals surface area contributed by atoms with Crippen LogP contribution in [0.5, 0.6) is 0 Å². The number of amides is 1. The van der Waals surface area contributed by atoms with Crippen LogP contribution in [-0.2, 0) is 14.9 Å². The van der Waals surface area contributed by atoms with Crippen LogP contribution in [0.25, 0.3) is 0 Å². The van der Waals surface area contributed by atoms with Gasteiger partial charge in [-0.25, -0.2) is 4.79 Å². The molecule has 30 heavy (non-hydrogen) atoms. The largest absolute Gasteiger partial charge is 0.452 e. The Hall–Kier alpha value is -3.43. The Morgan fingerprint density at radius 2 is 1.97 bits per heavy atom. The molecule has 3 rings (SSSR count). The number of nitrogens with one attached hydrogen (secondary N) is 1. The molecule has 0 bridgehead atoms. The number of carbonyl (C=O) groups excluding carboxylic acids is 2. The van der Waals surface area contributed by atoms with Crippen LogP contribution in [0.4, 0.5) is 17.3 Å². The van der Waals surface area contributed by atoms with Gasteiger partial charge in [-0.3, -0.25) is 20.2 Å². The van der Waals surface area contributed by atoms with Crippen molar-refractivity contribution in [1.82, 2.24) is 5.16 Å². The second kappa shape index (κ2) is 8.52. The number of rotatable bonds is 6. The molecule has 0 unspecified atom stereocenters. The molecule has 1 aromatic carbocycles. The van der Waals surface area contributed by atoms with Crippen LogP contribution in [-0.4, -0.2) is 41.7 Å². The zero-order chi connectivity index (χ0) is 21.9. The Balaban J connectivity index is 1.61. The molecule has 2 heterocycles. The smallest absolute Gasteiger partial charge is 0.338 e. The van der Waals surface area contributed by atoms with Crippen molar-refractivity contribution in [2.45, 2.75) is 39.0 Å². The number of nitro benzene ring substituents is 1. The van der Waals surface area contributed by atoms with Crippen molar-refractivity contribution in [3.05, 3.63) is 45.6 Å². The quantitative estimate of drug-likeness (QED) is 0.432. The van der Waals surface area contributed by atoms with Crippen LogP contribution in [0.3, 0.4) is 0 Å². The van der Waals surface area contributed by atoms with Gasteiger partial charge in [0.1, 0.15) is 5.69 Å². The second-order valence-corrected chi connectivity index (χ2v) is 8.11. The van der Waals surface area contributed by atoms with E-state index in [4.69, 9.17) is 9.26 Å². The third-order valence-corrected chi connectivity index (χ3v) is 4.73. The number of nitrogens with zero attached hydrogens (tertiary/aromatic N) is 3. The van der Waals surface area contributed by atoms with Crippen molar-refractivity contribution in [2.75, 3.05) is 29.9 Å². The van der Waals surface area contributed by atoms with Gasteiger partial charge in [-0.15, -0.1) is 0 Å². The zero-order valence-electron chi connectivity index (χ0n) is 17.1. The summed E-state index contributed by atoms with van der Waals surface area (Å²) in [7, 11) is 0. The van der Waals surface area contributed by atoms with Crippen LogP contribution in [0, 0.1) is 10.1 Å². The highest BCUT2D eigenvalue weighted by Crippen LogP contribution is 2.32. The van der Waals surface area contributed by atoms with Crippen molar-refractivity contribution in [2.24, 2.45) is 0 Å². The number of aromatic nitrogens is 1. The number of ether oxygens (including phenoxy) is 1. The Morgan fingerprint density at radius 1 is 1.27 bits per heavy atom. The minimum absolute atomic E-state index is 0.00660. The van der Waals surface area contributed by atoms with Crippen LogP contribution in [0.2, 0.25) is 0 Å². The molecule has 2 aromatic rings. The van der Waals surface area contributed by atoms with E-state index in [0.29, 0.717) is 11.4 Å². The number of hydrogen-bond acceptors (Lipinski definition) is 8. The van der Waals surface area contributed by atoms with E-state index in [9.17, 15) is 19.7 Å². The van der Waals surface area contributed by atoms with Gasteiger partial charge in [0.05, 0.1) is 16.2 Å². The summed E-state index contributed by atoms with van der Waals surface area (Å²) in [6.45, 7) is 6.77. The number of anilines is 2. The van der Waals surface area contributed by atoms with E-state index in [0.717, 1.165) is 25.9 Å². The van der Waals surface area contributed by atoms with E-state index in [2.05, 4.69) is 10.5 Å². The molecule has 1 aliphatic rings. The molecule has 160 valence electrons. The molecular formula is C20H24N4O6. The Kier molecular flexibility index (Phi) is 6.04. The first-order valence-electron chi connectivity index (χ1n) is 9.63. The fourth-order valence-corrected chi connectivity index (χ4v) is 3.10. The normalized spacial score (nSPS) is 13.9. The fraction of sp³-hybridized carbons (Fsp3) is 0.450. The van der Waals surface area contributed by atoms with Crippen molar-refractivity contribution in [1.29, 1.82) is 0 Å². The van der Waals surface area contributed by atoms with Gasteiger partial charge in [-0.1, -0.05) is 25.9 Å². The van der Waals surface area contributed by atoms with Gasteiger partial charge in [0.15, 0.2) is 6.61 Å². The molecular weight excluding hydrogens is 392 g/mol. The molecule has 1 N–H and O–H groups in total. The van der Waals surface area contributed by atoms with Crippen molar-refractivity contribution < 1.29 is 23.8 Å². The molecule has 0 saturated carbocycles. The molecule has 1 aromatic heterocycles. The molecule has 1 amide bonds. The van der Waals surface area contributed by atoms with Gasteiger partial charge < -0.3 is 14.2 Å². The number of carbonyl (C=O) groups is 2. The lowest BCUT2D eigenvalue weighted by atomic mass is 9.92. The first-order valence-corrected chi connectivity index (χ1v) is 9.63. The summed E-state index contributed by atoms with van der Waals surface area (Å²) in [5.74, 6) is -1.29. The molecule has 10 nitrogen and oxygen atoms in total. The molecule has 0 spiro atoms. The molecule has 0 aliphatic carbocycles. The summed E-state index contributed by atoms with van der Waals surface area (Å²) in [6, 6.07) is 5.79. The van der Waals surface area contributed by atoms with Gasteiger partial charge >= 0.3 is 5.97 Å².